The van der Waals surface area contributed by atoms with Gasteiger partial charge in [-0.1, -0.05) is 34.8 Å². The summed E-state index contributed by atoms with van der Waals surface area (Å²) in [6.07, 6.45) is 0. The van der Waals surface area contributed by atoms with Crippen LogP contribution in [0.25, 0.3) is 0 Å². The molecule has 0 fully saturated rings. The van der Waals surface area contributed by atoms with Crippen molar-refractivity contribution >= 4 is 40.5 Å². The molecular formula is C11H12Cl3NO2. The zero-order chi connectivity index (χ0) is 12.8. The van der Waals surface area contributed by atoms with E-state index in [1.165, 1.54) is 5.54 Å². The topological polar surface area (TPSA) is 30.5 Å². The molecule has 0 aromatic heterocycles. The Balaban J connectivity index is 2.96. The van der Waals surface area contributed by atoms with Crippen molar-refractivity contribution < 1.29 is 9.47 Å². The highest BCUT2D eigenvalue weighted by molar-refractivity contribution is 6.36. The van der Waals surface area contributed by atoms with Crippen molar-refractivity contribution in [2.75, 3.05) is 26.1 Å². The molecule has 0 aliphatic heterocycles. The van der Waals surface area contributed by atoms with E-state index in [1.54, 1.807) is 26.4 Å². The third-order valence-corrected chi connectivity index (χ3v) is 2.95. The van der Waals surface area contributed by atoms with Gasteiger partial charge in [-0.05, 0) is 0 Å². The van der Waals surface area contributed by atoms with Crippen molar-refractivity contribution in [2.45, 2.75) is 0 Å². The van der Waals surface area contributed by atoms with E-state index >= 15 is 0 Å². The molecule has 1 N–H and O–H groups in total. The van der Waals surface area contributed by atoms with Crippen molar-refractivity contribution in [3.05, 3.63) is 27.7 Å². The lowest BCUT2D eigenvalue weighted by Crippen LogP contribution is -2.03. The number of methoxy groups -OCH3 is 2. The Morgan fingerprint density at radius 2 is 1.94 bits per heavy atom. The molecule has 0 unspecified atom stereocenters. The SMILES string of the molecule is COc1cc(NCC(Cl)=CCl)c(OC)cc1Cl. The minimum atomic E-state index is 0.395. The van der Waals surface area contributed by atoms with Gasteiger partial charge >= 0.3 is 0 Å². The Morgan fingerprint density at radius 1 is 1.29 bits per heavy atom. The lowest BCUT2D eigenvalue weighted by Gasteiger charge is -2.13. The molecule has 0 bridgehead atoms. The number of nitrogens with one attached hydrogen (secondary N) is 1. The first-order valence-electron chi connectivity index (χ1n) is 4.72. The van der Waals surface area contributed by atoms with E-state index in [0.717, 1.165) is 5.69 Å². The van der Waals surface area contributed by atoms with Crippen molar-refractivity contribution in [3.8, 4) is 11.5 Å². The molecule has 1 aromatic rings. The van der Waals surface area contributed by atoms with Crippen LogP contribution < -0.4 is 14.8 Å². The van der Waals surface area contributed by atoms with Crippen LogP contribution in [0.2, 0.25) is 5.02 Å². The summed E-state index contributed by atoms with van der Waals surface area (Å²) in [6.45, 7) is 0.395. The van der Waals surface area contributed by atoms with Gasteiger partial charge in [-0.25, -0.2) is 0 Å². The number of benzene rings is 1. The first kappa shape index (κ1) is 14.3. The molecule has 0 atom stereocenters. The van der Waals surface area contributed by atoms with E-state index in [9.17, 15) is 0 Å². The summed E-state index contributed by atoms with van der Waals surface area (Å²) in [7, 11) is 3.10. The quantitative estimate of drug-likeness (QED) is 0.888. The van der Waals surface area contributed by atoms with Gasteiger partial charge in [-0.2, -0.15) is 0 Å². The lowest BCUT2D eigenvalue weighted by atomic mass is 10.2. The highest BCUT2D eigenvalue weighted by atomic mass is 35.5. The van der Waals surface area contributed by atoms with Crippen LogP contribution in [0.4, 0.5) is 5.69 Å². The molecule has 17 heavy (non-hydrogen) atoms. The molecule has 1 rings (SSSR count). The number of hydrogen-bond donors (Lipinski definition) is 1. The highest BCUT2D eigenvalue weighted by Crippen LogP contribution is 2.35. The Kier molecular flexibility index (Phi) is 5.75. The fourth-order valence-corrected chi connectivity index (χ4v) is 1.59. The van der Waals surface area contributed by atoms with Crippen LogP contribution >= 0.6 is 34.8 Å². The molecule has 0 saturated carbocycles. The van der Waals surface area contributed by atoms with E-state index in [2.05, 4.69) is 5.32 Å². The maximum absolute atomic E-state index is 5.98. The van der Waals surface area contributed by atoms with Crippen LogP contribution in [-0.2, 0) is 0 Å². The van der Waals surface area contributed by atoms with Gasteiger partial charge in [0.15, 0.2) is 0 Å². The van der Waals surface area contributed by atoms with Gasteiger partial charge in [0.2, 0.25) is 0 Å². The third kappa shape index (κ3) is 3.87. The monoisotopic (exact) mass is 295 g/mol. The van der Waals surface area contributed by atoms with Crippen LogP contribution in [0, 0.1) is 0 Å². The van der Waals surface area contributed by atoms with E-state index in [4.69, 9.17) is 44.3 Å². The maximum atomic E-state index is 5.98. The molecule has 6 heteroatoms. The fourth-order valence-electron chi connectivity index (χ4n) is 1.22. The van der Waals surface area contributed by atoms with E-state index in [0.29, 0.717) is 28.1 Å². The average Bonchev–Trinajstić information content (AvgIpc) is 2.36. The van der Waals surface area contributed by atoms with E-state index in [1.807, 2.05) is 0 Å². The summed E-state index contributed by atoms with van der Waals surface area (Å²) in [5, 5.41) is 4.04. The van der Waals surface area contributed by atoms with Gasteiger partial charge in [-0.3, -0.25) is 0 Å². The molecule has 0 saturated heterocycles. The van der Waals surface area contributed by atoms with E-state index in [-0.39, 0.29) is 0 Å². The second-order valence-electron chi connectivity index (χ2n) is 3.10. The molecule has 0 radical (unpaired) electrons. The summed E-state index contributed by atoms with van der Waals surface area (Å²) < 4.78 is 10.3. The van der Waals surface area contributed by atoms with Gasteiger partial charge < -0.3 is 14.8 Å². The third-order valence-electron chi connectivity index (χ3n) is 2.04. The van der Waals surface area contributed by atoms with Crippen LogP contribution in [0.1, 0.15) is 0 Å². The second kappa shape index (κ2) is 6.84. The van der Waals surface area contributed by atoms with Crippen LogP contribution in [0.5, 0.6) is 11.5 Å². The molecule has 94 valence electrons. The van der Waals surface area contributed by atoms with Gasteiger partial charge in [0.1, 0.15) is 11.5 Å². The van der Waals surface area contributed by atoms with Crippen LogP contribution in [0.3, 0.4) is 0 Å². The van der Waals surface area contributed by atoms with Crippen molar-refractivity contribution in [1.29, 1.82) is 0 Å². The fraction of sp³-hybridized carbons (Fsp3) is 0.273. The first-order chi connectivity index (χ1) is 8.12. The highest BCUT2D eigenvalue weighted by Gasteiger charge is 2.09. The van der Waals surface area contributed by atoms with Crippen LogP contribution in [-0.4, -0.2) is 20.8 Å². The lowest BCUT2D eigenvalue weighted by molar-refractivity contribution is 0.405. The van der Waals surface area contributed by atoms with Gasteiger partial charge in [0.25, 0.3) is 0 Å². The predicted octanol–water partition coefficient (Wildman–Crippen LogP) is 4.09. The van der Waals surface area contributed by atoms with Gasteiger partial charge in [-0.15, -0.1) is 0 Å². The van der Waals surface area contributed by atoms with Crippen molar-refractivity contribution in [3.63, 3.8) is 0 Å². The zero-order valence-corrected chi connectivity index (χ0v) is 11.7. The summed E-state index contributed by atoms with van der Waals surface area (Å²) in [5.74, 6) is 1.16. The number of hydrogen-bond acceptors (Lipinski definition) is 3. The second-order valence-corrected chi connectivity index (χ2v) is 4.21. The Morgan fingerprint density at radius 3 is 2.47 bits per heavy atom. The summed E-state index contributed by atoms with van der Waals surface area (Å²) in [4.78, 5) is 0. The number of rotatable bonds is 5. The summed E-state index contributed by atoms with van der Waals surface area (Å²) in [6, 6.07) is 3.40. The van der Waals surface area contributed by atoms with Crippen molar-refractivity contribution in [1.82, 2.24) is 0 Å². The number of ether oxygens (including phenoxy) is 2. The smallest absolute Gasteiger partial charge is 0.143 e. The normalized spacial score (nSPS) is 11.2. The molecule has 0 spiro atoms. The average molecular weight is 297 g/mol. The van der Waals surface area contributed by atoms with Crippen LogP contribution in [0.15, 0.2) is 22.7 Å². The Hall–Kier alpha value is -0.770. The Bertz CT molecular complexity index is 421. The van der Waals surface area contributed by atoms with Gasteiger partial charge in [0, 0.05) is 22.7 Å². The van der Waals surface area contributed by atoms with E-state index < -0.39 is 0 Å². The summed E-state index contributed by atoms with van der Waals surface area (Å²) >= 11 is 17.2. The van der Waals surface area contributed by atoms with Crippen molar-refractivity contribution in [2.24, 2.45) is 0 Å². The molecule has 0 amide bonds. The minimum absolute atomic E-state index is 0.395. The molecule has 0 aliphatic rings. The molecule has 3 nitrogen and oxygen atoms in total. The molecular weight excluding hydrogens is 284 g/mol. The van der Waals surface area contributed by atoms with Gasteiger partial charge in [0.05, 0.1) is 31.5 Å². The number of halogens is 3. The zero-order valence-electron chi connectivity index (χ0n) is 9.39. The first-order valence-corrected chi connectivity index (χ1v) is 5.91. The minimum Gasteiger partial charge on any atom is -0.495 e. The maximum Gasteiger partial charge on any atom is 0.143 e. The molecule has 0 heterocycles. The largest absolute Gasteiger partial charge is 0.495 e. The standard InChI is InChI=1S/C11H12Cl3NO2/c1-16-10-4-9(15-6-7(13)5-12)11(17-2)3-8(10)14/h3-5,15H,6H2,1-2H3. The Labute approximate surface area is 115 Å². The summed E-state index contributed by atoms with van der Waals surface area (Å²) in [5.41, 5.74) is 2.03. The molecule has 0 aliphatic carbocycles. The molecule has 1 aromatic carbocycles. The number of anilines is 1. The predicted molar refractivity (Wildman–Crippen MR) is 72.8 cm³/mol.